The van der Waals surface area contributed by atoms with Crippen LogP contribution in [-0.4, -0.2) is 21.4 Å². The maximum absolute atomic E-state index is 4.58. The van der Waals surface area contributed by atoms with Crippen molar-refractivity contribution in [1.82, 2.24) is 9.78 Å². The molecule has 1 atom stereocenters. The van der Waals surface area contributed by atoms with Gasteiger partial charge in [0, 0.05) is 5.69 Å². The van der Waals surface area contributed by atoms with E-state index in [2.05, 4.69) is 35.6 Å². The van der Waals surface area contributed by atoms with Crippen LogP contribution in [0.5, 0.6) is 0 Å². The molecule has 0 amide bonds. The zero-order valence-electron chi connectivity index (χ0n) is 8.29. The number of aryl methyl sites for hydroxylation is 1. The molecule has 0 radical (unpaired) electrons. The van der Waals surface area contributed by atoms with Gasteiger partial charge in [0.1, 0.15) is 0 Å². The molecule has 0 saturated heterocycles. The van der Waals surface area contributed by atoms with Gasteiger partial charge < -0.3 is 0 Å². The van der Waals surface area contributed by atoms with Gasteiger partial charge in [0.25, 0.3) is 0 Å². The Morgan fingerprint density at radius 3 is 3.08 bits per heavy atom. The predicted octanol–water partition coefficient (Wildman–Crippen LogP) is 2.22. The van der Waals surface area contributed by atoms with Crippen LogP contribution in [0.3, 0.4) is 0 Å². The molecule has 3 heteroatoms. The lowest BCUT2D eigenvalue weighted by atomic mass is 10.1. The highest BCUT2D eigenvalue weighted by Crippen LogP contribution is 2.25. The Labute approximate surface area is 81.9 Å². The van der Waals surface area contributed by atoms with E-state index in [9.17, 15) is 0 Å². The molecule has 0 N–H and O–H groups in total. The van der Waals surface area contributed by atoms with Crippen molar-refractivity contribution in [2.24, 2.45) is 0 Å². The first-order chi connectivity index (χ1) is 6.16. The molecule has 2 rings (SSSR count). The number of nitrogens with zero attached hydrogens (tertiary/aromatic N) is 2. The van der Waals surface area contributed by atoms with Crippen molar-refractivity contribution in [3.63, 3.8) is 0 Å². The van der Waals surface area contributed by atoms with Crippen LogP contribution in [0.25, 0.3) is 0 Å². The van der Waals surface area contributed by atoms with Gasteiger partial charge in [-0.05, 0) is 24.2 Å². The third kappa shape index (κ3) is 1.70. The summed E-state index contributed by atoms with van der Waals surface area (Å²) in [6.45, 7) is 4.39. The first-order valence-electron chi connectivity index (χ1n) is 4.70. The molecular weight excluding hydrogens is 180 g/mol. The average Bonchev–Trinajstić information content (AvgIpc) is 2.46. The van der Waals surface area contributed by atoms with Crippen LogP contribution in [-0.2, 0) is 12.3 Å². The molecule has 0 spiro atoms. The molecule has 1 aliphatic heterocycles. The van der Waals surface area contributed by atoms with Gasteiger partial charge in [0.2, 0.25) is 0 Å². The maximum Gasteiger partial charge on any atom is 0.0814 e. The van der Waals surface area contributed by atoms with E-state index in [1.54, 1.807) is 0 Å². The Morgan fingerprint density at radius 2 is 2.38 bits per heavy atom. The third-order valence-corrected chi connectivity index (χ3v) is 3.82. The predicted molar refractivity (Wildman–Crippen MR) is 59.6 cm³/mol. The molecule has 72 valence electrons. The first-order valence-corrected chi connectivity index (χ1v) is 6.44. The fraction of sp³-hybridized carbons (Fsp3) is 0.600. The van der Waals surface area contributed by atoms with Gasteiger partial charge in [0.05, 0.1) is 11.6 Å². The lowest BCUT2D eigenvalue weighted by Crippen LogP contribution is -2.11. The van der Waals surface area contributed by atoms with Crippen LogP contribution in [0.4, 0.5) is 0 Å². The normalized spacial score (nSPS) is 21.9. The van der Waals surface area contributed by atoms with E-state index in [0.29, 0.717) is 16.4 Å². The van der Waals surface area contributed by atoms with Crippen LogP contribution in [0, 0.1) is 0 Å². The minimum absolute atomic E-state index is 0.299. The molecule has 1 aromatic heterocycles. The van der Waals surface area contributed by atoms with E-state index in [4.69, 9.17) is 0 Å². The molecule has 2 heterocycles. The molecule has 0 bridgehead atoms. The van der Waals surface area contributed by atoms with E-state index >= 15 is 0 Å². The number of hydrogen-bond donors (Lipinski definition) is 0. The molecule has 0 fully saturated rings. The highest BCUT2D eigenvalue weighted by Gasteiger charge is 2.14. The van der Waals surface area contributed by atoms with Crippen molar-refractivity contribution >= 4 is 16.4 Å². The lowest BCUT2D eigenvalue weighted by molar-refractivity contribution is 0.664. The summed E-state index contributed by atoms with van der Waals surface area (Å²) in [6.07, 6.45) is 1.16. The average molecular weight is 196 g/mol. The molecule has 0 saturated carbocycles. The molecule has 1 aliphatic rings. The van der Waals surface area contributed by atoms with Gasteiger partial charge in [-0.25, -0.2) is 0 Å². The van der Waals surface area contributed by atoms with Crippen molar-refractivity contribution in [1.29, 1.82) is 0 Å². The number of aromatic nitrogens is 2. The monoisotopic (exact) mass is 196 g/mol. The maximum atomic E-state index is 4.58. The smallest absolute Gasteiger partial charge is 0.0814 e. The summed E-state index contributed by atoms with van der Waals surface area (Å²) >= 11 is 0. The summed E-state index contributed by atoms with van der Waals surface area (Å²) in [5.41, 5.74) is 2.63. The standard InChI is InChI=1S/C10H16N2S/c1-8(2)10-6-9-4-5-13(3)7-12(9)11-10/h6,8H,3-5,7H2,1-2H3. The lowest BCUT2D eigenvalue weighted by Gasteiger charge is -2.16. The summed E-state index contributed by atoms with van der Waals surface area (Å²) in [5.74, 6) is 6.93. The second-order valence-electron chi connectivity index (χ2n) is 3.91. The quantitative estimate of drug-likeness (QED) is 0.630. The summed E-state index contributed by atoms with van der Waals surface area (Å²) < 4.78 is 2.15. The van der Waals surface area contributed by atoms with Gasteiger partial charge in [-0.3, -0.25) is 4.68 Å². The van der Waals surface area contributed by atoms with Crippen molar-refractivity contribution in [2.45, 2.75) is 32.1 Å². The van der Waals surface area contributed by atoms with Gasteiger partial charge in [-0.15, -0.1) is 0 Å². The Kier molecular flexibility index (Phi) is 2.28. The van der Waals surface area contributed by atoms with Gasteiger partial charge in [0.15, 0.2) is 0 Å². The van der Waals surface area contributed by atoms with E-state index in [1.807, 2.05) is 0 Å². The summed E-state index contributed by atoms with van der Waals surface area (Å²) in [7, 11) is 0.299. The zero-order chi connectivity index (χ0) is 9.42. The van der Waals surface area contributed by atoms with Crippen molar-refractivity contribution in [2.75, 3.05) is 5.75 Å². The van der Waals surface area contributed by atoms with Crippen LogP contribution in [0.15, 0.2) is 6.07 Å². The number of hydrogen-bond acceptors (Lipinski definition) is 1. The van der Waals surface area contributed by atoms with Crippen LogP contribution in [0.2, 0.25) is 0 Å². The van der Waals surface area contributed by atoms with Crippen LogP contribution >= 0.6 is 10.5 Å². The van der Waals surface area contributed by atoms with Crippen molar-refractivity contribution in [3.8, 4) is 0 Å². The number of fused-ring (bicyclic) bond motifs is 1. The Balaban J connectivity index is 2.33. The minimum Gasteiger partial charge on any atom is -0.260 e. The Bertz CT molecular complexity index is 339. The van der Waals surface area contributed by atoms with Crippen LogP contribution in [0.1, 0.15) is 31.2 Å². The Hall–Kier alpha value is -0.570. The van der Waals surface area contributed by atoms with Gasteiger partial charge >= 0.3 is 0 Å². The van der Waals surface area contributed by atoms with E-state index in [1.165, 1.54) is 17.1 Å². The van der Waals surface area contributed by atoms with E-state index < -0.39 is 0 Å². The van der Waals surface area contributed by atoms with Crippen molar-refractivity contribution < 1.29 is 0 Å². The molecular formula is C10H16N2S. The molecule has 0 aromatic carbocycles. The summed E-state index contributed by atoms with van der Waals surface area (Å²) in [4.78, 5) is 0. The fourth-order valence-corrected chi connectivity index (χ4v) is 2.76. The third-order valence-electron chi connectivity index (χ3n) is 2.43. The summed E-state index contributed by atoms with van der Waals surface area (Å²) in [6, 6.07) is 2.25. The number of rotatable bonds is 1. The topological polar surface area (TPSA) is 17.8 Å². The zero-order valence-corrected chi connectivity index (χ0v) is 9.10. The highest BCUT2D eigenvalue weighted by molar-refractivity contribution is 8.13. The van der Waals surface area contributed by atoms with Gasteiger partial charge in [-0.1, -0.05) is 19.7 Å². The molecule has 1 aromatic rings. The minimum atomic E-state index is 0.299. The molecule has 1 unspecified atom stereocenters. The largest absolute Gasteiger partial charge is 0.260 e. The SMILES string of the molecule is C=S1CCc2cc(C(C)C)nn2C1. The molecule has 2 nitrogen and oxygen atoms in total. The highest BCUT2D eigenvalue weighted by atomic mass is 32.2. The second kappa shape index (κ2) is 3.29. The molecule has 0 aliphatic carbocycles. The fourth-order valence-electron chi connectivity index (χ4n) is 1.56. The summed E-state index contributed by atoms with van der Waals surface area (Å²) in [5, 5.41) is 4.58. The Morgan fingerprint density at radius 1 is 1.62 bits per heavy atom. The van der Waals surface area contributed by atoms with Crippen molar-refractivity contribution in [3.05, 3.63) is 17.5 Å². The second-order valence-corrected chi connectivity index (χ2v) is 5.80. The van der Waals surface area contributed by atoms with E-state index in [0.717, 1.165) is 12.3 Å². The van der Waals surface area contributed by atoms with Gasteiger partial charge in [-0.2, -0.15) is 15.6 Å². The van der Waals surface area contributed by atoms with E-state index in [-0.39, 0.29) is 0 Å². The molecule has 13 heavy (non-hydrogen) atoms. The first kappa shape index (κ1) is 9.00. The van der Waals surface area contributed by atoms with Crippen LogP contribution < -0.4 is 0 Å².